The molecule has 0 saturated carbocycles. The Kier molecular flexibility index (Phi) is 3.58. The molecule has 5 heteroatoms. The molecule has 2 unspecified atom stereocenters. The van der Waals surface area contributed by atoms with E-state index < -0.39 is 11.6 Å². The van der Waals surface area contributed by atoms with Crippen LogP contribution in [0, 0.1) is 23.0 Å². The third-order valence-electron chi connectivity index (χ3n) is 4.38. The van der Waals surface area contributed by atoms with Gasteiger partial charge < -0.3 is 10.2 Å². The number of piperidine rings is 1. The van der Waals surface area contributed by atoms with Gasteiger partial charge in [-0.15, -0.1) is 0 Å². The number of rotatable bonds is 2. The van der Waals surface area contributed by atoms with E-state index in [1.54, 1.807) is 6.07 Å². The molecule has 0 amide bonds. The van der Waals surface area contributed by atoms with Crippen molar-refractivity contribution >= 4 is 5.69 Å². The molecule has 1 N–H and O–H groups in total. The first-order valence-electron chi connectivity index (χ1n) is 7.07. The first-order valence-corrected chi connectivity index (χ1v) is 7.07. The zero-order chi connectivity index (χ0) is 14.1. The van der Waals surface area contributed by atoms with Gasteiger partial charge >= 0.3 is 0 Å². The van der Waals surface area contributed by atoms with Crippen LogP contribution in [0.5, 0.6) is 0 Å². The maximum absolute atomic E-state index is 13.9. The van der Waals surface area contributed by atoms with E-state index >= 15 is 0 Å². The Labute approximate surface area is 117 Å². The zero-order valence-electron chi connectivity index (χ0n) is 11.2. The van der Waals surface area contributed by atoms with E-state index in [-0.39, 0.29) is 17.3 Å². The Morgan fingerprint density at radius 1 is 1.20 bits per heavy atom. The van der Waals surface area contributed by atoms with E-state index in [0.717, 1.165) is 25.9 Å². The van der Waals surface area contributed by atoms with Crippen LogP contribution in [0.25, 0.3) is 0 Å². The number of hydrogen-bond acceptors (Lipinski definition) is 3. The first kappa shape index (κ1) is 13.3. The molecule has 0 bridgehead atoms. The summed E-state index contributed by atoms with van der Waals surface area (Å²) in [5, 5.41) is 11.8. The lowest BCUT2D eigenvalue weighted by atomic mass is 9.97. The predicted molar refractivity (Wildman–Crippen MR) is 72.3 cm³/mol. The van der Waals surface area contributed by atoms with Gasteiger partial charge in [-0.05, 0) is 44.4 Å². The number of fused-ring (bicyclic) bond motifs is 1. The lowest BCUT2D eigenvalue weighted by Gasteiger charge is -2.35. The summed E-state index contributed by atoms with van der Waals surface area (Å²) < 4.78 is 27.5. The molecule has 0 radical (unpaired) electrons. The molecule has 2 saturated heterocycles. The van der Waals surface area contributed by atoms with Crippen LogP contribution in [0.3, 0.4) is 0 Å². The van der Waals surface area contributed by atoms with Crippen LogP contribution in [-0.4, -0.2) is 30.1 Å². The van der Waals surface area contributed by atoms with Gasteiger partial charge in [0.05, 0.1) is 11.3 Å². The average Bonchev–Trinajstić information content (AvgIpc) is 2.92. The second kappa shape index (κ2) is 5.37. The summed E-state index contributed by atoms with van der Waals surface area (Å²) in [4.78, 5) is 2.48. The van der Waals surface area contributed by atoms with E-state index in [1.165, 1.54) is 25.0 Å². The third kappa shape index (κ3) is 2.36. The van der Waals surface area contributed by atoms with Crippen molar-refractivity contribution in [2.45, 2.75) is 37.8 Å². The van der Waals surface area contributed by atoms with Crippen molar-refractivity contribution < 1.29 is 8.78 Å². The fraction of sp³-hybridized carbons (Fsp3) is 0.533. The van der Waals surface area contributed by atoms with Gasteiger partial charge in [0.15, 0.2) is 11.6 Å². The molecular weight excluding hydrogens is 260 g/mol. The monoisotopic (exact) mass is 277 g/mol. The number of hydrogen-bond donors (Lipinski definition) is 1. The Morgan fingerprint density at radius 3 is 2.85 bits per heavy atom. The number of halogens is 2. The number of nitrogens with zero attached hydrogens (tertiary/aromatic N) is 2. The molecule has 2 heterocycles. The van der Waals surface area contributed by atoms with Crippen molar-refractivity contribution in [1.82, 2.24) is 4.90 Å². The van der Waals surface area contributed by atoms with Gasteiger partial charge in [0.2, 0.25) is 0 Å². The number of nitrogens with one attached hydrogen (secondary N) is 1. The van der Waals surface area contributed by atoms with Crippen molar-refractivity contribution in [2.24, 2.45) is 0 Å². The standard InChI is InChI=1S/C15H17F2N3/c16-14-10(9-18)3-4-13(15(14)17)19-11-5-7-20-6-1-2-12(20)8-11/h3-4,11-12,19H,1-2,5-8H2. The number of anilines is 1. The van der Waals surface area contributed by atoms with Gasteiger partial charge in [0.1, 0.15) is 6.07 Å². The normalized spacial score (nSPS) is 26.1. The highest BCUT2D eigenvalue weighted by atomic mass is 19.2. The Bertz CT molecular complexity index is 553. The average molecular weight is 277 g/mol. The molecule has 3 rings (SSSR count). The molecule has 2 fully saturated rings. The second-order valence-electron chi connectivity index (χ2n) is 5.60. The molecule has 2 aliphatic rings. The lowest BCUT2D eigenvalue weighted by Crippen LogP contribution is -2.42. The first-order chi connectivity index (χ1) is 9.69. The molecule has 106 valence electrons. The van der Waals surface area contributed by atoms with Gasteiger partial charge in [0.25, 0.3) is 0 Å². The molecule has 0 aromatic heterocycles. The van der Waals surface area contributed by atoms with E-state index in [9.17, 15) is 8.78 Å². The van der Waals surface area contributed by atoms with Crippen LogP contribution in [-0.2, 0) is 0 Å². The van der Waals surface area contributed by atoms with E-state index in [0.29, 0.717) is 6.04 Å². The third-order valence-corrected chi connectivity index (χ3v) is 4.38. The van der Waals surface area contributed by atoms with Crippen molar-refractivity contribution in [1.29, 1.82) is 5.26 Å². The fourth-order valence-corrected chi connectivity index (χ4v) is 3.32. The fourth-order valence-electron chi connectivity index (χ4n) is 3.32. The summed E-state index contributed by atoms with van der Waals surface area (Å²) in [7, 11) is 0. The molecule has 0 spiro atoms. The van der Waals surface area contributed by atoms with Gasteiger partial charge in [-0.3, -0.25) is 0 Å². The highest BCUT2D eigenvalue weighted by Crippen LogP contribution is 2.29. The Hall–Kier alpha value is -1.67. The Morgan fingerprint density at radius 2 is 2.05 bits per heavy atom. The van der Waals surface area contributed by atoms with Crippen LogP contribution < -0.4 is 5.32 Å². The highest BCUT2D eigenvalue weighted by molar-refractivity contribution is 5.50. The summed E-state index contributed by atoms with van der Waals surface area (Å²) in [5.41, 5.74) is -0.0865. The van der Waals surface area contributed by atoms with Crippen molar-refractivity contribution in [3.63, 3.8) is 0 Å². The molecule has 20 heavy (non-hydrogen) atoms. The minimum absolute atomic E-state index is 0.165. The van der Waals surface area contributed by atoms with E-state index in [1.807, 2.05) is 0 Å². The van der Waals surface area contributed by atoms with Crippen LogP contribution in [0.1, 0.15) is 31.2 Å². The zero-order valence-corrected chi connectivity index (χ0v) is 11.2. The number of nitriles is 1. The predicted octanol–water partition coefficient (Wildman–Crippen LogP) is 2.88. The quantitative estimate of drug-likeness (QED) is 0.903. The van der Waals surface area contributed by atoms with Gasteiger partial charge in [-0.2, -0.15) is 5.26 Å². The van der Waals surface area contributed by atoms with E-state index in [2.05, 4.69) is 10.2 Å². The molecular formula is C15H17F2N3. The van der Waals surface area contributed by atoms with Gasteiger partial charge in [-0.1, -0.05) is 0 Å². The smallest absolute Gasteiger partial charge is 0.183 e. The van der Waals surface area contributed by atoms with Crippen molar-refractivity contribution in [3.05, 3.63) is 29.3 Å². The molecule has 3 nitrogen and oxygen atoms in total. The number of benzene rings is 1. The van der Waals surface area contributed by atoms with Crippen LogP contribution in [0.15, 0.2) is 12.1 Å². The van der Waals surface area contributed by atoms with Crippen molar-refractivity contribution in [3.8, 4) is 6.07 Å². The van der Waals surface area contributed by atoms with Crippen LogP contribution in [0.4, 0.5) is 14.5 Å². The summed E-state index contributed by atoms with van der Waals surface area (Å²) in [5.74, 6) is -2.01. The Balaban J connectivity index is 1.72. The van der Waals surface area contributed by atoms with Crippen LogP contribution >= 0.6 is 0 Å². The minimum atomic E-state index is -1.06. The molecule has 1 aromatic carbocycles. The maximum Gasteiger partial charge on any atom is 0.183 e. The summed E-state index contributed by atoms with van der Waals surface area (Å²) in [6.45, 7) is 2.18. The summed E-state index contributed by atoms with van der Waals surface area (Å²) >= 11 is 0. The van der Waals surface area contributed by atoms with Gasteiger partial charge in [0, 0.05) is 18.6 Å². The molecule has 1 aromatic rings. The molecule has 0 aliphatic carbocycles. The molecule has 2 atom stereocenters. The second-order valence-corrected chi connectivity index (χ2v) is 5.60. The molecule has 2 aliphatic heterocycles. The maximum atomic E-state index is 13.9. The topological polar surface area (TPSA) is 39.1 Å². The van der Waals surface area contributed by atoms with Crippen molar-refractivity contribution in [2.75, 3.05) is 18.4 Å². The summed E-state index contributed by atoms with van der Waals surface area (Å²) in [6.07, 6.45) is 4.35. The van der Waals surface area contributed by atoms with Crippen LogP contribution in [0.2, 0.25) is 0 Å². The minimum Gasteiger partial charge on any atom is -0.380 e. The largest absolute Gasteiger partial charge is 0.380 e. The van der Waals surface area contributed by atoms with E-state index in [4.69, 9.17) is 5.26 Å². The summed E-state index contributed by atoms with van der Waals surface area (Å²) in [6, 6.07) is 5.18. The highest BCUT2D eigenvalue weighted by Gasteiger charge is 2.32. The van der Waals surface area contributed by atoms with Gasteiger partial charge in [-0.25, -0.2) is 8.78 Å². The SMILES string of the molecule is N#Cc1ccc(NC2CCN3CCCC3C2)c(F)c1F. The lowest BCUT2D eigenvalue weighted by molar-refractivity contribution is 0.188.